The molecule has 20 heavy (non-hydrogen) atoms. The quantitative estimate of drug-likeness (QED) is 0.841. The lowest BCUT2D eigenvalue weighted by molar-refractivity contribution is 0.136. The number of aryl methyl sites for hydroxylation is 1. The van der Waals surface area contributed by atoms with Crippen molar-refractivity contribution in [1.29, 1.82) is 0 Å². The van der Waals surface area contributed by atoms with Crippen LogP contribution in [0.5, 0.6) is 0 Å². The number of aromatic nitrogens is 2. The lowest BCUT2D eigenvalue weighted by atomic mass is 9.96. The van der Waals surface area contributed by atoms with Crippen LogP contribution in [0.25, 0.3) is 0 Å². The van der Waals surface area contributed by atoms with Crippen LogP contribution in [0.4, 0.5) is 4.79 Å². The van der Waals surface area contributed by atoms with Crippen LogP contribution < -0.4 is 0 Å². The fraction of sp³-hybridized carbons (Fsp3) is 0.375. The summed E-state index contributed by atoms with van der Waals surface area (Å²) in [4.78, 5) is 12.2. The lowest BCUT2D eigenvalue weighted by Gasteiger charge is -2.13. The average molecular weight is 270 g/mol. The van der Waals surface area contributed by atoms with Crippen molar-refractivity contribution in [3.05, 3.63) is 52.8 Å². The highest BCUT2D eigenvalue weighted by atomic mass is 16.6. The molecule has 0 amide bonds. The summed E-state index contributed by atoms with van der Waals surface area (Å²) < 4.78 is 6.81. The molecule has 0 atom stereocenters. The van der Waals surface area contributed by atoms with E-state index in [0.717, 1.165) is 36.2 Å². The first-order valence-corrected chi connectivity index (χ1v) is 7.04. The molecule has 1 heterocycles. The molecule has 3 rings (SSSR count). The Morgan fingerprint density at radius 1 is 1.25 bits per heavy atom. The molecule has 1 aromatic carbocycles. The molecule has 0 unspecified atom stereocenters. The van der Waals surface area contributed by atoms with E-state index in [1.807, 2.05) is 37.3 Å². The summed E-state index contributed by atoms with van der Waals surface area (Å²) in [5, 5.41) is 4.35. The Hall–Kier alpha value is -2.10. The summed E-state index contributed by atoms with van der Waals surface area (Å²) in [5.74, 6) is 0. The predicted molar refractivity (Wildman–Crippen MR) is 75.6 cm³/mol. The van der Waals surface area contributed by atoms with Gasteiger partial charge in [-0.25, -0.2) is 4.79 Å². The molecule has 1 aliphatic carbocycles. The molecule has 0 N–H and O–H groups in total. The molecule has 4 heteroatoms. The Morgan fingerprint density at radius 2 is 2.00 bits per heavy atom. The van der Waals surface area contributed by atoms with Gasteiger partial charge in [0.05, 0.1) is 11.4 Å². The number of carbonyl (C=O) groups excluding carboxylic acids is 1. The third-order valence-corrected chi connectivity index (χ3v) is 3.76. The van der Waals surface area contributed by atoms with Crippen LogP contribution in [0.15, 0.2) is 30.3 Å². The van der Waals surface area contributed by atoms with Crippen molar-refractivity contribution in [1.82, 2.24) is 9.78 Å². The van der Waals surface area contributed by atoms with Gasteiger partial charge in [-0.1, -0.05) is 30.3 Å². The van der Waals surface area contributed by atoms with Crippen LogP contribution in [0.2, 0.25) is 0 Å². The van der Waals surface area contributed by atoms with E-state index in [4.69, 9.17) is 4.74 Å². The fourth-order valence-corrected chi connectivity index (χ4v) is 2.72. The van der Waals surface area contributed by atoms with Gasteiger partial charge in [-0.3, -0.25) is 0 Å². The minimum atomic E-state index is -0.375. The zero-order chi connectivity index (χ0) is 13.9. The number of benzene rings is 1. The van der Waals surface area contributed by atoms with Gasteiger partial charge in [-0.15, -0.1) is 0 Å². The Balaban J connectivity index is 1.74. The van der Waals surface area contributed by atoms with E-state index in [0.29, 0.717) is 0 Å². The SMILES string of the molecule is Cc1nn(C(=O)OCc2ccccc2)c2c1CCCC2. The van der Waals surface area contributed by atoms with E-state index in [1.165, 1.54) is 16.7 Å². The van der Waals surface area contributed by atoms with Crippen molar-refractivity contribution in [2.24, 2.45) is 0 Å². The van der Waals surface area contributed by atoms with Gasteiger partial charge in [0, 0.05) is 0 Å². The third kappa shape index (κ3) is 2.46. The molecule has 0 saturated carbocycles. The molecule has 2 aromatic rings. The fourth-order valence-electron chi connectivity index (χ4n) is 2.72. The van der Waals surface area contributed by atoms with Crippen molar-refractivity contribution in [2.75, 3.05) is 0 Å². The first-order valence-electron chi connectivity index (χ1n) is 7.04. The predicted octanol–water partition coefficient (Wildman–Crippen LogP) is 3.26. The van der Waals surface area contributed by atoms with Gasteiger partial charge in [0.25, 0.3) is 0 Å². The third-order valence-electron chi connectivity index (χ3n) is 3.76. The van der Waals surface area contributed by atoms with E-state index in [-0.39, 0.29) is 12.7 Å². The van der Waals surface area contributed by atoms with Gasteiger partial charge < -0.3 is 4.74 Å². The molecule has 0 saturated heterocycles. The number of rotatable bonds is 2. The van der Waals surface area contributed by atoms with Crippen LogP contribution in [0, 0.1) is 6.92 Å². The Morgan fingerprint density at radius 3 is 2.80 bits per heavy atom. The number of fused-ring (bicyclic) bond motifs is 1. The largest absolute Gasteiger partial charge is 0.443 e. The zero-order valence-corrected chi connectivity index (χ0v) is 11.6. The molecule has 0 radical (unpaired) electrons. The monoisotopic (exact) mass is 270 g/mol. The second kappa shape index (κ2) is 5.49. The maximum atomic E-state index is 12.2. The summed E-state index contributed by atoms with van der Waals surface area (Å²) in [6.07, 6.45) is 3.85. The molecular weight excluding hydrogens is 252 g/mol. The number of carbonyl (C=O) groups is 1. The summed E-state index contributed by atoms with van der Waals surface area (Å²) in [6, 6.07) is 9.69. The summed E-state index contributed by atoms with van der Waals surface area (Å²) in [6.45, 7) is 2.25. The highest BCUT2D eigenvalue weighted by molar-refractivity contribution is 5.71. The van der Waals surface area contributed by atoms with Gasteiger partial charge in [-0.05, 0) is 43.7 Å². The molecular formula is C16H18N2O2. The smallest absolute Gasteiger partial charge is 0.435 e. The van der Waals surface area contributed by atoms with Crippen LogP contribution in [-0.4, -0.2) is 15.9 Å². The van der Waals surface area contributed by atoms with Crippen LogP contribution in [-0.2, 0) is 24.2 Å². The lowest BCUT2D eigenvalue weighted by Crippen LogP contribution is -2.19. The highest BCUT2D eigenvalue weighted by Crippen LogP contribution is 2.24. The number of hydrogen-bond donors (Lipinski definition) is 0. The van der Waals surface area contributed by atoms with Crippen molar-refractivity contribution in [2.45, 2.75) is 39.2 Å². The molecule has 1 aromatic heterocycles. The molecule has 0 spiro atoms. The number of ether oxygens (including phenoxy) is 1. The summed E-state index contributed by atoms with van der Waals surface area (Å²) in [7, 11) is 0. The molecule has 0 bridgehead atoms. The second-order valence-electron chi connectivity index (χ2n) is 5.17. The maximum Gasteiger partial charge on any atom is 0.435 e. The highest BCUT2D eigenvalue weighted by Gasteiger charge is 2.22. The molecule has 1 aliphatic rings. The van der Waals surface area contributed by atoms with E-state index in [1.54, 1.807) is 0 Å². The van der Waals surface area contributed by atoms with Gasteiger partial charge >= 0.3 is 6.09 Å². The number of hydrogen-bond acceptors (Lipinski definition) is 3. The molecule has 0 aliphatic heterocycles. The Bertz CT molecular complexity index is 617. The van der Waals surface area contributed by atoms with E-state index in [2.05, 4.69) is 5.10 Å². The van der Waals surface area contributed by atoms with Crippen molar-refractivity contribution < 1.29 is 9.53 Å². The summed E-state index contributed by atoms with van der Waals surface area (Å²) >= 11 is 0. The standard InChI is InChI=1S/C16H18N2O2/c1-12-14-9-5-6-10-15(14)18(17-12)16(19)20-11-13-7-3-2-4-8-13/h2-4,7-8H,5-6,9-11H2,1H3. The van der Waals surface area contributed by atoms with Gasteiger partial charge in [0.2, 0.25) is 0 Å². The van der Waals surface area contributed by atoms with Crippen LogP contribution in [0.1, 0.15) is 35.4 Å². The van der Waals surface area contributed by atoms with E-state index < -0.39 is 0 Å². The first-order chi connectivity index (χ1) is 9.75. The van der Waals surface area contributed by atoms with Crippen molar-refractivity contribution in [3.63, 3.8) is 0 Å². The normalized spacial score (nSPS) is 13.8. The van der Waals surface area contributed by atoms with Crippen LogP contribution in [0.3, 0.4) is 0 Å². The minimum absolute atomic E-state index is 0.285. The van der Waals surface area contributed by atoms with Crippen molar-refractivity contribution in [3.8, 4) is 0 Å². The first kappa shape index (κ1) is 12.9. The average Bonchev–Trinajstić information content (AvgIpc) is 2.84. The van der Waals surface area contributed by atoms with E-state index >= 15 is 0 Å². The molecule has 104 valence electrons. The zero-order valence-electron chi connectivity index (χ0n) is 11.6. The summed E-state index contributed by atoms with van der Waals surface area (Å²) in [5.41, 5.74) is 4.20. The topological polar surface area (TPSA) is 44.1 Å². The van der Waals surface area contributed by atoms with Crippen molar-refractivity contribution >= 4 is 6.09 Å². The Labute approximate surface area is 118 Å². The second-order valence-corrected chi connectivity index (χ2v) is 5.17. The maximum absolute atomic E-state index is 12.2. The number of nitrogens with zero attached hydrogens (tertiary/aromatic N) is 2. The molecule has 0 fully saturated rings. The molecule has 4 nitrogen and oxygen atoms in total. The van der Waals surface area contributed by atoms with Gasteiger partial charge in [0.1, 0.15) is 6.61 Å². The van der Waals surface area contributed by atoms with E-state index in [9.17, 15) is 4.79 Å². The Kier molecular flexibility index (Phi) is 3.54. The van der Waals surface area contributed by atoms with Crippen LogP contribution >= 0.6 is 0 Å². The van der Waals surface area contributed by atoms with Gasteiger partial charge in [-0.2, -0.15) is 9.78 Å². The minimum Gasteiger partial charge on any atom is -0.443 e. The van der Waals surface area contributed by atoms with Gasteiger partial charge in [0.15, 0.2) is 0 Å².